The lowest BCUT2D eigenvalue weighted by atomic mass is 9.87. The molecule has 234 valence electrons. The molecule has 0 aromatic heterocycles. The van der Waals surface area contributed by atoms with Gasteiger partial charge in [-0.15, -0.1) is 0 Å². The van der Waals surface area contributed by atoms with Gasteiger partial charge in [-0.1, -0.05) is 67.6 Å². The van der Waals surface area contributed by atoms with Crippen molar-refractivity contribution in [1.82, 2.24) is 4.90 Å². The summed E-state index contributed by atoms with van der Waals surface area (Å²) < 4.78 is 18.4. The van der Waals surface area contributed by atoms with Crippen LogP contribution >= 0.6 is 23.2 Å². The van der Waals surface area contributed by atoms with Crippen LogP contribution in [-0.2, 0) is 22.5 Å². The lowest BCUT2D eigenvalue weighted by Gasteiger charge is -2.42. The fourth-order valence-electron chi connectivity index (χ4n) is 7.07. The minimum atomic E-state index is -0.233. The Labute approximate surface area is 271 Å². The van der Waals surface area contributed by atoms with Crippen LogP contribution < -0.4 is 14.4 Å². The minimum Gasteiger partial charge on any atom is -0.486 e. The quantitative estimate of drug-likeness (QED) is 0.242. The number of nitrogens with zero attached hydrogens (tertiary/aromatic N) is 2. The Hall–Kier alpha value is -2.93. The molecule has 0 bridgehead atoms. The molecule has 0 saturated heterocycles. The third-order valence-corrected chi connectivity index (χ3v) is 10.3. The summed E-state index contributed by atoms with van der Waals surface area (Å²) in [5.74, 6) is 1.57. The molecule has 6 rings (SSSR count). The number of methoxy groups -OCH3 is 1. The van der Waals surface area contributed by atoms with Crippen molar-refractivity contribution in [1.29, 1.82) is 0 Å². The number of hydrogen-bond acceptors (Lipinski definition) is 6. The molecule has 0 unspecified atom stereocenters. The molecule has 3 aromatic rings. The molecule has 1 saturated carbocycles. The highest BCUT2D eigenvalue weighted by molar-refractivity contribution is 6.42. The number of ether oxygens (including phenoxy) is 3. The number of carbonyl (C=O) groups is 1. The van der Waals surface area contributed by atoms with Crippen molar-refractivity contribution in [2.24, 2.45) is 0 Å². The molecule has 8 heteroatoms. The van der Waals surface area contributed by atoms with Crippen molar-refractivity contribution in [3.63, 3.8) is 0 Å². The van der Waals surface area contributed by atoms with E-state index >= 15 is 0 Å². The standard InChI is InChI=1S/C36H42Cl2N2O4/c1-4-33(24-12-15-29(37)30(38)18-24)43-28-13-10-23(11-14-28)34-16-17-39(2)31-19-25-20-32(36(41)42-3)40(27-8-6-5-7-9-27)22-26(25)21-35(31)44-34/h10-15,18-19,21,27,32-34H,4-9,16-17,20,22H2,1-3H3/t32-,33+,34+/m0/s1. The monoisotopic (exact) mass is 636 g/mol. The van der Waals surface area contributed by atoms with Crippen LogP contribution in [0.5, 0.6) is 11.5 Å². The van der Waals surface area contributed by atoms with Crippen LogP contribution in [-0.4, -0.2) is 43.7 Å². The molecule has 0 radical (unpaired) electrons. The minimum absolute atomic E-state index is 0.0799. The summed E-state index contributed by atoms with van der Waals surface area (Å²) in [6, 6.07) is 18.6. The lowest BCUT2D eigenvalue weighted by molar-refractivity contribution is -0.149. The summed E-state index contributed by atoms with van der Waals surface area (Å²) in [5, 5.41) is 1.07. The molecule has 0 spiro atoms. The van der Waals surface area contributed by atoms with E-state index in [0.29, 0.717) is 22.5 Å². The van der Waals surface area contributed by atoms with Crippen molar-refractivity contribution in [2.45, 2.75) is 89.1 Å². The van der Waals surface area contributed by atoms with E-state index in [-0.39, 0.29) is 24.2 Å². The first-order valence-electron chi connectivity index (χ1n) is 15.9. The average molecular weight is 638 g/mol. The number of benzene rings is 3. The van der Waals surface area contributed by atoms with Crippen molar-refractivity contribution in [3.8, 4) is 11.5 Å². The summed E-state index contributed by atoms with van der Waals surface area (Å²) in [6.07, 6.45) is 8.14. The van der Waals surface area contributed by atoms with E-state index in [4.69, 9.17) is 37.4 Å². The van der Waals surface area contributed by atoms with Gasteiger partial charge in [-0.05, 0) is 84.3 Å². The van der Waals surface area contributed by atoms with Gasteiger partial charge < -0.3 is 19.1 Å². The molecule has 3 aliphatic rings. The molecule has 2 heterocycles. The smallest absolute Gasteiger partial charge is 0.323 e. The van der Waals surface area contributed by atoms with Gasteiger partial charge in [0, 0.05) is 32.6 Å². The van der Waals surface area contributed by atoms with Gasteiger partial charge in [0.2, 0.25) is 0 Å². The highest BCUT2D eigenvalue weighted by atomic mass is 35.5. The Morgan fingerprint density at radius 2 is 1.75 bits per heavy atom. The van der Waals surface area contributed by atoms with Gasteiger partial charge in [0.15, 0.2) is 0 Å². The van der Waals surface area contributed by atoms with E-state index in [2.05, 4.69) is 48.0 Å². The summed E-state index contributed by atoms with van der Waals surface area (Å²) in [6.45, 7) is 3.70. The first kappa shape index (κ1) is 31.1. The Morgan fingerprint density at radius 1 is 0.977 bits per heavy atom. The van der Waals surface area contributed by atoms with Crippen LogP contribution in [0.25, 0.3) is 0 Å². The van der Waals surface area contributed by atoms with Crippen LogP contribution in [0.1, 0.15) is 86.3 Å². The van der Waals surface area contributed by atoms with Gasteiger partial charge in [-0.25, -0.2) is 0 Å². The Balaban J connectivity index is 1.21. The highest BCUT2D eigenvalue weighted by Crippen LogP contribution is 2.42. The van der Waals surface area contributed by atoms with Crippen molar-refractivity contribution in [3.05, 3.63) is 86.9 Å². The van der Waals surface area contributed by atoms with Crippen LogP contribution in [0, 0.1) is 0 Å². The maximum atomic E-state index is 12.9. The van der Waals surface area contributed by atoms with E-state index in [1.165, 1.54) is 37.5 Å². The number of anilines is 1. The van der Waals surface area contributed by atoms with E-state index in [9.17, 15) is 4.79 Å². The van der Waals surface area contributed by atoms with E-state index in [1.807, 2.05) is 30.3 Å². The summed E-state index contributed by atoms with van der Waals surface area (Å²) in [4.78, 5) is 17.6. The zero-order valence-electron chi connectivity index (χ0n) is 25.9. The molecule has 6 nitrogen and oxygen atoms in total. The molecule has 3 atom stereocenters. The molecule has 2 aliphatic heterocycles. The van der Waals surface area contributed by atoms with Gasteiger partial charge in [0.05, 0.1) is 22.8 Å². The molecule has 44 heavy (non-hydrogen) atoms. The second-order valence-corrected chi connectivity index (χ2v) is 13.2. The molecule has 0 N–H and O–H groups in total. The van der Waals surface area contributed by atoms with Gasteiger partial charge in [-0.2, -0.15) is 0 Å². The number of rotatable bonds is 7. The van der Waals surface area contributed by atoms with Gasteiger partial charge in [0.25, 0.3) is 0 Å². The first-order chi connectivity index (χ1) is 21.3. The molecule has 1 fully saturated rings. The summed E-state index contributed by atoms with van der Waals surface area (Å²) >= 11 is 12.4. The molecular formula is C36H42Cl2N2O4. The van der Waals surface area contributed by atoms with Crippen LogP contribution in [0.3, 0.4) is 0 Å². The van der Waals surface area contributed by atoms with Crippen LogP contribution in [0.4, 0.5) is 5.69 Å². The first-order valence-corrected chi connectivity index (χ1v) is 16.7. The maximum Gasteiger partial charge on any atom is 0.323 e. The number of esters is 1. The topological polar surface area (TPSA) is 51.2 Å². The predicted octanol–water partition coefficient (Wildman–Crippen LogP) is 8.72. The van der Waals surface area contributed by atoms with Crippen molar-refractivity contribution >= 4 is 34.9 Å². The average Bonchev–Trinajstić information content (AvgIpc) is 3.21. The van der Waals surface area contributed by atoms with E-state index < -0.39 is 0 Å². The zero-order valence-corrected chi connectivity index (χ0v) is 27.4. The molecule has 0 amide bonds. The highest BCUT2D eigenvalue weighted by Gasteiger charge is 2.38. The Bertz CT molecular complexity index is 1470. The van der Waals surface area contributed by atoms with E-state index in [1.54, 1.807) is 0 Å². The summed E-state index contributed by atoms with van der Waals surface area (Å²) in [5.41, 5.74) is 5.66. The molecule has 1 aliphatic carbocycles. The van der Waals surface area contributed by atoms with E-state index in [0.717, 1.165) is 67.1 Å². The second kappa shape index (κ2) is 13.6. The number of carbonyl (C=O) groups excluding carboxylic acids is 1. The number of hydrogen-bond donors (Lipinski definition) is 0. The Kier molecular flexibility index (Phi) is 9.60. The molecular weight excluding hydrogens is 595 g/mol. The molecule has 3 aromatic carbocycles. The van der Waals surface area contributed by atoms with Gasteiger partial charge in [0.1, 0.15) is 29.7 Å². The fourth-order valence-corrected chi connectivity index (χ4v) is 7.38. The number of halogens is 2. The third-order valence-electron chi connectivity index (χ3n) is 9.59. The van der Waals surface area contributed by atoms with Crippen molar-refractivity contribution in [2.75, 3.05) is 25.6 Å². The fraction of sp³-hybridized carbons (Fsp3) is 0.472. The maximum absolute atomic E-state index is 12.9. The lowest BCUT2D eigenvalue weighted by Crippen LogP contribution is -2.51. The third kappa shape index (κ3) is 6.54. The largest absolute Gasteiger partial charge is 0.486 e. The van der Waals surface area contributed by atoms with Crippen LogP contribution in [0.2, 0.25) is 10.0 Å². The van der Waals surface area contributed by atoms with Gasteiger partial charge >= 0.3 is 5.97 Å². The Morgan fingerprint density at radius 3 is 2.45 bits per heavy atom. The second-order valence-electron chi connectivity index (χ2n) is 12.4. The predicted molar refractivity (Wildman–Crippen MR) is 176 cm³/mol. The van der Waals surface area contributed by atoms with Crippen LogP contribution in [0.15, 0.2) is 54.6 Å². The van der Waals surface area contributed by atoms with Gasteiger partial charge in [-0.3, -0.25) is 9.69 Å². The van der Waals surface area contributed by atoms with Crippen molar-refractivity contribution < 1.29 is 19.0 Å². The number of fused-ring (bicyclic) bond motifs is 2. The summed E-state index contributed by atoms with van der Waals surface area (Å²) in [7, 11) is 3.63. The normalized spacial score (nSPS) is 21.4. The SMILES string of the molecule is CC[C@@H](Oc1ccc([C@H]2CCN(C)c3cc4c(cc3O2)CN(C2CCCCC2)[C@H](C(=O)OC)C4)cc1)c1ccc(Cl)c(Cl)c1. The zero-order chi connectivity index (χ0) is 30.8.